The maximum Gasteiger partial charge on any atom is 0.319 e. The lowest BCUT2D eigenvalue weighted by Gasteiger charge is -2.41. The molecule has 20 heavy (non-hydrogen) atoms. The highest BCUT2D eigenvalue weighted by Crippen LogP contribution is 2.43. The minimum absolute atomic E-state index is 0.243. The maximum atomic E-state index is 13.1. The van der Waals surface area contributed by atoms with Crippen LogP contribution in [-0.4, -0.2) is 18.9 Å². The second-order valence-electron chi connectivity index (χ2n) is 6.06. The molecule has 1 N–H and O–H groups in total. The normalized spacial score (nSPS) is 21.9. The lowest BCUT2D eigenvalue weighted by atomic mass is 9.70. The van der Waals surface area contributed by atoms with Crippen LogP contribution < -0.4 is 5.32 Å². The molecule has 0 aromatic heterocycles. The SMILES string of the molecule is CC1(C)CCc2ccccc2C1NCC(F)(F)C(F)F. The predicted octanol–water partition coefficient (Wildman–Crippen LogP) is 4.19. The molecule has 1 unspecified atom stereocenters. The molecule has 0 saturated heterocycles. The van der Waals surface area contributed by atoms with Gasteiger partial charge in [-0.25, -0.2) is 8.78 Å². The maximum absolute atomic E-state index is 13.1. The van der Waals surface area contributed by atoms with Crippen molar-refractivity contribution in [1.29, 1.82) is 0 Å². The average molecular weight is 289 g/mol. The zero-order chi connectivity index (χ0) is 15.0. The summed E-state index contributed by atoms with van der Waals surface area (Å²) in [6.45, 7) is 2.94. The molecule has 112 valence electrons. The summed E-state index contributed by atoms with van der Waals surface area (Å²) in [6, 6.07) is 7.26. The van der Waals surface area contributed by atoms with Crippen LogP contribution in [-0.2, 0) is 6.42 Å². The Hall–Kier alpha value is -1.10. The Kier molecular flexibility index (Phi) is 4.09. The van der Waals surface area contributed by atoms with Gasteiger partial charge in [0.1, 0.15) is 0 Å². The largest absolute Gasteiger partial charge is 0.319 e. The molecule has 1 aliphatic rings. The molecule has 1 atom stereocenters. The summed E-state index contributed by atoms with van der Waals surface area (Å²) < 4.78 is 50.8. The number of nitrogens with one attached hydrogen (secondary N) is 1. The molecule has 0 aliphatic heterocycles. The van der Waals surface area contributed by atoms with Crippen molar-refractivity contribution in [3.8, 4) is 0 Å². The van der Waals surface area contributed by atoms with Gasteiger partial charge in [0.05, 0.1) is 6.54 Å². The highest BCUT2D eigenvalue weighted by molar-refractivity contribution is 5.34. The fraction of sp³-hybridized carbons (Fsp3) is 0.600. The van der Waals surface area contributed by atoms with Crippen molar-refractivity contribution < 1.29 is 17.6 Å². The molecule has 2 rings (SSSR count). The Morgan fingerprint density at radius 2 is 1.95 bits per heavy atom. The van der Waals surface area contributed by atoms with Crippen molar-refractivity contribution in [2.75, 3.05) is 6.54 Å². The Morgan fingerprint density at radius 1 is 1.30 bits per heavy atom. The monoisotopic (exact) mass is 289 g/mol. The van der Waals surface area contributed by atoms with Crippen molar-refractivity contribution in [2.45, 2.75) is 45.1 Å². The van der Waals surface area contributed by atoms with Crippen LogP contribution in [0.25, 0.3) is 0 Å². The second-order valence-corrected chi connectivity index (χ2v) is 6.06. The predicted molar refractivity (Wildman–Crippen MR) is 70.2 cm³/mol. The fourth-order valence-electron chi connectivity index (χ4n) is 2.77. The Labute approximate surface area is 116 Å². The van der Waals surface area contributed by atoms with E-state index in [0.29, 0.717) is 0 Å². The van der Waals surface area contributed by atoms with Crippen LogP contribution in [0.5, 0.6) is 0 Å². The van der Waals surface area contributed by atoms with Crippen molar-refractivity contribution in [3.63, 3.8) is 0 Å². The summed E-state index contributed by atoms with van der Waals surface area (Å²) in [5, 5.41) is 2.66. The first-order valence-electron chi connectivity index (χ1n) is 6.71. The molecule has 0 amide bonds. The average Bonchev–Trinajstić information content (AvgIpc) is 2.36. The Bertz CT molecular complexity index is 471. The zero-order valence-corrected chi connectivity index (χ0v) is 11.6. The van der Waals surface area contributed by atoms with Gasteiger partial charge in [-0.15, -0.1) is 0 Å². The number of halogens is 4. The molecule has 1 aliphatic carbocycles. The first kappa shape index (κ1) is 15.3. The van der Waals surface area contributed by atoms with Gasteiger partial charge in [0, 0.05) is 6.04 Å². The summed E-state index contributed by atoms with van der Waals surface area (Å²) >= 11 is 0. The number of hydrogen-bond acceptors (Lipinski definition) is 1. The van der Waals surface area contributed by atoms with Gasteiger partial charge in [-0.05, 0) is 29.4 Å². The van der Waals surface area contributed by atoms with Gasteiger partial charge >= 0.3 is 12.3 Å². The summed E-state index contributed by atoms with van der Waals surface area (Å²) in [6.07, 6.45) is -1.92. The molecule has 0 fully saturated rings. The van der Waals surface area contributed by atoms with Crippen molar-refractivity contribution in [3.05, 3.63) is 35.4 Å². The molecule has 1 nitrogen and oxygen atoms in total. The second kappa shape index (κ2) is 5.35. The number of fused-ring (bicyclic) bond motifs is 1. The zero-order valence-electron chi connectivity index (χ0n) is 11.6. The van der Waals surface area contributed by atoms with Crippen LogP contribution in [0, 0.1) is 5.41 Å². The number of alkyl halides is 4. The van der Waals surface area contributed by atoms with Crippen molar-refractivity contribution >= 4 is 0 Å². The van der Waals surface area contributed by atoms with Crippen molar-refractivity contribution in [2.24, 2.45) is 5.41 Å². The molecule has 0 bridgehead atoms. The molecular formula is C15H19F4N. The lowest BCUT2D eigenvalue weighted by Crippen LogP contribution is -2.45. The van der Waals surface area contributed by atoms with E-state index in [2.05, 4.69) is 5.32 Å². The van der Waals surface area contributed by atoms with E-state index < -0.39 is 18.9 Å². The number of aryl methyl sites for hydroxylation is 1. The minimum atomic E-state index is -4.00. The topological polar surface area (TPSA) is 12.0 Å². The summed E-state index contributed by atoms with van der Waals surface area (Å²) in [5.41, 5.74) is 1.80. The van der Waals surface area contributed by atoms with E-state index in [1.165, 1.54) is 0 Å². The van der Waals surface area contributed by atoms with Crippen LogP contribution in [0.3, 0.4) is 0 Å². The first-order chi connectivity index (χ1) is 9.24. The van der Waals surface area contributed by atoms with E-state index in [1.807, 2.05) is 38.1 Å². The third-order valence-electron chi connectivity index (χ3n) is 4.05. The van der Waals surface area contributed by atoms with E-state index >= 15 is 0 Å². The lowest BCUT2D eigenvalue weighted by molar-refractivity contribution is -0.127. The highest BCUT2D eigenvalue weighted by Gasteiger charge is 2.43. The molecule has 0 radical (unpaired) electrons. The first-order valence-corrected chi connectivity index (χ1v) is 6.71. The molecule has 5 heteroatoms. The van der Waals surface area contributed by atoms with E-state index in [9.17, 15) is 17.6 Å². The van der Waals surface area contributed by atoms with Crippen LogP contribution in [0.1, 0.15) is 37.4 Å². The van der Waals surface area contributed by atoms with Gasteiger partial charge in [-0.2, -0.15) is 8.78 Å². The molecular weight excluding hydrogens is 270 g/mol. The van der Waals surface area contributed by atoms with Crippen LogP contribution in [0.15, 0.2) is 24.3 Å². The fourth-order valence-corrected chi connectivity index (χ4v) is 2.77. The van der Waals surface area contributed by atoms with Crippen LogP contribution >= 0.6 is 0 Å². The van der Waals surface area contributed by atoms with Gasteiger partial charge in [0.2, 0.25) is 0 Å². The minimum Gasteiger partial charge on any atom is -0.304 e. The Morgan fingerprint density at radius 3 is 2.60 bits per heavy atom. The number of rotatable bonds is 4. The van der Waals surface area contributed by atoms with E-state index in [-0.39, 0.29) is 11.5 Å². The molecule has 0 heterocycles. The number of hydrogen-bond donors (Lipinski definition) is 1. The van der Waals surface area contributed by atoms with Gasteiger partial charge < -0.3 is 5.32 Å². The van der Waals surface area contributed by atoms with E-state index in [4.69, 9.17) is 0 Å². The van der Waals surface area contributed by atoms with Crippen LogP contribution in [0.4, 0.5) is 17.6 Å². The van der Waals surface area contributed by atoms with Gasteiger partial charge in [-0.1, -0.05) is 38.1 Å². The molecule has 1 aromatic carbocycles. The quantitative estimate of drug-likeness (QED) is 0.820. The summed E-state index contributed by atoms with van der Waals surface area (Å²) in [5.74, 6) is -4.00. The van der Waals surface area contributed by atoms with Gasteiger partial charge in [-0.3, -0.25) is 0 Å². The molecule has 0 spiro atoms. The third-order valence-corrected chi connectivity index (χ3v) is 4.05. The van der Waals surface area contributed by atoms with Crippen molar-refractivity contribution in [1.82, 2.24) is 5.32 Å². The summed E-state index contributed by atoms with van der Waals surface area (Å²) in [4.78, 5) is 0. The van der Waals surface area contributed by atoms with Crippen LogP contribution in [0.2, 0.25) is 0 Å². The van der Waals surface area contributed by atoms with E-state index in [1.54, 1.807) is 0 Å². The van der Waals surface area contributed by atoms with Gasteiger partial charge in [0.15, 0.2) is 0 Å². The third kappa shape index (κ3) is 2.97. The molecule has 0 saturated carbocycles. The highest BCUT2D eigenvalue weighted by atomic mass is 19.3. The Balaban J connectivity index is 2.20. The van der Waals surface area contributed by atoms with E-state index in [0.717, 1.165) is 24.0 Å². The smallest absolute Gasteiger partial charge is 0.304 e. The van der Waals surface area contributed by atoms with Gasteiger partial charge in [0.25, 0.3) is 0 Å². The standard InChI is InChI=1S/C15H19F4N/c1-14(2)8-7-10-5-3-4-6-11(10)12(14)20-9-15(18,19)13(16)17/h3-6,12-13,20H,7-9H2,1-2H3. The molecule has 1 aromatic rings. The number of benzene rings is 1. The summed E-state index contributed by atoms with van der Waals surface area (Å²) in [7, 11) is 0.